The highest BCUT2D eigenvalue weighted by Crippen LogP contribution is 2.45. The van der Waals surface area contributed by atoms with Crippen LogP contribution in [0.1, 0.15) is 30.4 Å². The fourth-order valence-electron chi connectivity index (χ4n) is 1.92. The summed E-state index contributed by atoms with van der Waals surface area (Å²) in [6.07, 6.45) is -3.66. The Morgan fingerprint density at radius 3 is 2.24 bits per heavy atom. The lowest BCUT2D eigenvalue weighted by atomic mass is 9.74. The van der Waals surface area contributed by atoms with Crippen molar-refractivity contribution in [2.75, 3.05) is 0 Å². The Bertz CT molecular complexity index is 452. The summed E-state index contributed by atoms with van der Waals surface area (Å²) in [4.78, 5) is 0. The van der Waals surface area contributed by atoms with Gasteiger partial charge in [0.15, 0.2) is 0 Å². The Hall–Kier alpha value is -0.810. The van der Waals surface area contributed by atoms with Crippen molar-refractivity contribution < 1.29 is 22.7 Å². The van der Waals surface area contributed by atoms with E-state index in [0.717, 1.165) is 6.07 Å². The van der Waals surface area contributed by atoms with Crippen LogP contribution in [0.25, 0.3) is 0 Å². The highest BCUT2D eigenvalue weighted by Gasteiger charge is 2.43. The molecule has 0 atom stereocenters. The minimum atomic E-state index is -4.82. The molecule has 1 aromatic rings. The summed E-state index contributed by atoms with van der Waals surface area (Å²) < 4.78 is 51.3. The van der Waals surface area contributed by atoms with Crippen LogP contribution in [0.4, 0.5) is 17.6 Å². The Balaban J connectivity index is 2.58. The molecule has 17 heavy (non-hydrogen) atoms. The van der Waals surface area contributed by atoms with E-state index < -0.39 is 23.2 Å². The van der Waals surface area contributed by atoms with Gasteiger partial charge >= 0.3 is 6.18 Å². The van der Waals surface area contributed by atoms with Gasteiger partial charge in [-0.25, -0.2) is 4.39 Å². The minimum Gasteiger partial charge on any atom is -0.385 e. The zero-order valence-corrected chi connectivity index (χ0v) is 9.37. The van der Waals surface area contributed by atoms with Crippen LogP contribution in [-0.4, -0.2) is 5.11 Å². The number of aliphatic hydroxyl groups is 1. The fourth-order valence-corrected chi connectivity index (χ4v) is 2.13. The number of halogens is 5. The minimum absolute atomic E-state index is 0.228. The van der Waals surface area contributed by atoms with Crippen LogP contribution in [0, 0.1) is 5.82 Å². The average molecular weight is 269 g/mol. The van der Waals surface area contributed by atoms with Crippen molar-refractivity contribution in [1.29, 1.82) is 0 Å². The maximum atomic E-state index is 13.7. The van der Waals surface area contributed by atoms with Crippen LogP contribution < -0.4 is 0 Å². The van der Waals surface area contributed by atoms with E-state index in [1.165, 1.54) is 0 Å². The van der Waals surface area contributed by atoms with Gasteiger partial charge in [0.05, 0.1) is 11.2 Å². The predicted molar refractivity (Wildman–Crippen MR) is 54.2 cm³/mol. The summed E-state index contributed by atoms with van der Waals surface area (Å²) in [5, 5.41) is 9.68. The molecule has 1 aromatic carbocycles. The molecule has 0 heterocycles. The van der Waals surface area contributed by atoms with Crippen molar-refractivity contribution in [2.45, 2.75) is 31.0 Å². The molecule has 0 aliphatic heterocycles. The van der Waals surface area contributed by atoms with Crippen LogP contribution >= 0.6 is 11.6 Å². The van der Waals surface area contributed by atoms with Gasteiger partial charge in [-0.15, -0.1) is 0 Å². The first-order chi connectivity index (χ1) is 7.74. The average Bonchev–Trinajstić information content (AvgIpc) is 2.16. The third-order valence-corrected chi connectivity index (χ3v) is 3.24. The highest BCUT2D eigenvalue weighted by molar-refractivity contribution is 6.30. The molecule has 1 aliphatic rings. The maximum Gasteiger partial charge on any atom is 0.419 e. The quantitative estimate of drug-likeness (QED) is 0.767. The van der Waals surface area contributed by atoms with Gasteiger partial charge in [-0.1, -0.05) is 11.6 Å². The third-order valence-electron chi connectivity index (χ3n) is 3.02. The molecule has 1 N–H and O–H groups in total. The molecule has 0 amide bonds. The first kappa shape index (κ1) is 12.6. The van der Waals surface area contributed by atoms with E-state index in [0.29, 0.717) is 12.5 Å². The van der Waals surface area contributed by atoms with Crippen molar-refractivity contribution in [2.24, 2.45) is 0 Å². The summed E-state index contributed by atoms with van der Waals surface area (Å²) in [6.45, 7) is 0. The number of hydrogen-bond acceptors (Lipinski definition) is 1. The molecule has 1 nitrogen and oxygen atoms in total. The molecular formula is C11H9ClF4O. The van der Waals surface area contributed by atoms with Crippen LogP contribution in [0.3, 0.4) is 0 Å². The zero-order valence-electron chi connectivity index (χ0n) is 8.61. The number of benzene rings is 1. The van der Waals surface area contributed by atoms with E-state index in [9.17, 15) is 22.7 Å². The maximum absolute atomic E-state index is 13.7. The Morgan fingerprint density at radius 2 is 1.82 bits per heavy atom. The van der Waals surface area contributed by atoms with E-state index in [4.69, 9.17) is 11.6 Å². The summed E-state index contributed by atoms with van der Waals surface area (Å²) in [5.74, 6) is -1.43. The van der Waals surface area contributed by atoms with Crippen LogP contribution in [-0.2, 0) is 11.8 Å². The van der Waals surface area contributed by atoms with Gasteiger partial charge in [0, 0.05) is 10.6 Å². The van der Waals surface area contributed by atoms with Crippen molar-refractivity contribution in [1.82, 2.24) is 0 Å². The fraction of sp³-hybridized carbons (Fsp3) is 0.455. The van der Waals surface area contributed by atoms with Gasteiger partial charge < -0.3 is 5.11 Å². The number of alkyl halides is 3. The van der Waals surface area contributed by atoms with E-state index in [-0.39, 0.29) is 23.4 Å². The number of hydrogen-bond donors (Lipinski definition) is 1. The normalized spacial score (nSPS) is 18.9. The summed E-state index contributed by atoms with van der Waals surface area (Å²) in [7, 11) is 0. The molecule has 1 fully saturated rings. The second-order valence-electron chi connectivity index (χ2n) is 4.20. The molecule has 0 radical (unpaired) electrons. The summed E-state index contributed by atoms with van der Waals surface area (Å²) in [5.41, 5.74) is -3.29. The zero-order chi connectivity index (χ0) is 12.8. The van der Waals surface area contributed by atoms with Gasteiger partial charge in [-0.2, -0.15) is 13.2 Å². The van der Waals surface area contributed by atoms with Gasteiger partial charge in [0.2, 0.25) is 0 Å². The lowest BCUT2D eigenvalue weighted by Gasteiger charge is -2.37. The first-order valence-corrected chi connectivity index (χ1v) is 5.41. The SMILES string of the molecule is OC1(c2cc(Cl)cc(C(F)(F)F)c2F)CCC1. The molecule has 0 spiro atoms. The van der Waals surface area contributed by atoms with Gasteiger partial charge in [0.25, 0.3) is 0 Å². The van der Waals surface area contributed by atoms with Crippen LogP contribution in [0.15, 0.2) is 12.1 Å². The molecule has 0 aromatic heterocycles. The monoisotopic (exact) mass is 268 g/mol. The molecule has 0 bridgehead atoms. The molecule has 94 valence electrons. The van der Waals surface area contributed by atoms with Gasteiger partial charge in [-0.3, -0.25) is 0 Å². The standard InChI is InChI=1S/C11H9ClF4O/c12-6-4-7(10(17)2-1-3-10)9(13)8(5-6)11(14,15)16/h4-5,17H,1-3H2. The largest absolute Gasteiger partial charge is 0.419 e. The predicted octanol–water partition coefficient (Wildman–Crippen LogP) is 3.87. The molecule has 1 saturated carbocycles. The van der Waals surface area contributed by atoms with Crippen molar-refractivity contribution in [3.63, 3.8) is 0 Å². The van der Waals surface area contributed by atoms with Crippen LogP contribution in [0.5, 0.6) is 0 Å². The van der Waals surface area contributed by atoms with Gasteiger partial charge in [-0.05, 0) is 31.4 Å². The first-order valence-electron chi connectivity index (χ1n) is 5.03. The third kappa shape index (κ3) is 2.13. The molecule has 6 heteroatoms. The molecule has 2 rings (SSSR count). The Labute approximate surface area is 100 Å². The molecule has 1 aliphatic carbocycles. The Morgan fingerprint density at radius 1 is 1.24 bits per heavy atom. The molecular weight excluding hydrogens is 260 g/mol. The summed E-state index contributed by atoms with van der Waals surface area (Å²) >= 11 is 5.54. The smallest absolute Gasteiger partial charge is 0.385 e. The lowest BCUT2D eigenvalue weighted by molar-refractivity contribution is -0.140. The van der Waals surface area contributed by atoms with E-state index in [2.05, 4.69) is 0 Å². The second-order valence-corrected chi connectivity index (χ2v) is 4.63. The Kier molecular flexibility index (Phi) is 2.86. The van der Waals surface area contributed by atoms with E-state index in [1.807, 2.05) is 0 Å². The number of rotatable bonds is 1. The molecule has 0 unspecified atom stereocenters. The van der Waals surface area contributed by atoms with Gasteiger partial charge in [0.1, 0.15) is 5.82 Å². The van der Waals surface area contributed by atoms with E-state index >= 15 is 0 Å². The lowest BCUT2D eigenvalue weighted by Crippen LogP contribution is -2.35. The van der Waals surface area contributed by atoms with Crippen molar-refractivity contribution in [3.8, 4) is 0 Å². The van der Waals surface area contributed by atoms with E-state index in [1.54, 1.807) is 0 Å². The van der Waals surface area contributed by atoms with Crippen LogP contribution in [0.2, 0.25) is 5.02 Å². The topological polar surface area (TPSA) is 20.2 Å². The summed E-state index contributed by atoms with van der Waals surface area (Å²) in [6, 6.07) is 1.59. The second kappa shape index (κ2) is 3.85. The van der Waals surface area contributed by atoms with Crippen molar-refractivity contribution in [3.05, 3.63) is 34.1 Å². The highest BCUT2D eigenvalue weighted by atomic mass is 35.5. The van der Waals surface area contributed by atoms with Crippen molar-refractivity contribution >= 4 is 11.6 Å². The molecule has 0 saturated heterocycles.